The van der Waals surface area contributed by atoms with Gasteiger partial charge in [-0.05, 0) is 6.07 Å². The molecule has 88 valence electrons. The van der Waals surface area contributed by atoms with Gasteiger partial charge in [-0.2, -0.15) is 13.2 Å². The van der Waals surface area contributed by atoms with Gasteiger partial charge in [-0.15, -0.1) is 0 Å². The molecular formula is C9H8BrF3N2O. The number of carbonyl (C=O) groups is 1. The number of hydrogen-bond donors (Lipinski definition) is 1. The van der Waals surface area contributed by atoms with E-state index in [2.05, 4.69) is 26.2 Å². The van der Waals surface area contributed by atoms with Gasteiger partial charge in [0.1, 0.15) is 0 Å². The van der Waals surface area contributed by atoms with E-state index in [1.54, 1.807) is 0 Å². The molecule has 1 N–H and O–H groups in total. The third-order valence-corrected chi connectivity index (χ3v) is 2.15. The number of halogens is 4. The number of aromatic nitrogens is 1. The monoisotopic (exact) mass is 296 g/mol. The predicted octanol–water partition coefficient (Wildman–Crippen LogP) is 2.23. The van der Waals surface area contributed by atoms with Crippen molar-refractivity contribution in [1.29, 1.82) is 0 Å². The van der Waals surface area contributed by atoms with Crippen molar-refractivity contribution in [3.8, 4) is 0 Å². The normalized spacial score (nSPS) is 11.2. The predicted molar refractivity (Wildman–Crippen MR) is 55.4 cm³/mol. The average Bonchev–Trinajstić information content (AvgIpc) is 2.24. The van der Waals surface area contributed by atoms with E-state index < -0.39 is 23.2 Å². The zero-order valence-electron chi connectivity index (χ0n) is 8.01. The first kappa shape index (κ1) is 13.0. The molecule has 0 aliphatic rings. The molecule has 0 bridgehead atoms. The highest BCUT2D eigenvalue weighted by molar-refractivity contribution is 9.09. The number of rotatable bonds is 3. The molecule has 16 heavy (non-hydrogen) atoms. The summed E-state index contributed by atoms with van der Waals surface area (Å²) >= 11 is 3.06. The highest BCUT2D eigenvalue weighted by Gasteiger charge is 2.35. The Morgan fingerprint density at radius 1 is 1.50 bits per heavy atom. The molecule has 1 aromatic heterocycles. The number of carbonyl (C=O) groups excluding carboxylic acids is 1. The van der Waals surface area contributed by atoms with E-state index in [1.807, 2.05) is 0 Å². The molecule has 7 heteroatoms. The highest BCUT2D eigenvalue weighted by Crippen LogP contribution is 2.31. The summed E-state index contributed by atoms with van der Waals surface area (Å²) in [6, 6.07) is 0.781. The second-order valence-corrected chi connectivity index (χ2v) is 3.66. The van der Waals surface area contributed by atoms with Crippen molar-refractivity contribution in [2.24, 2.45) is 0 Å². The smallest absolute Gasteiger partial charge is 0.351 e. The molecule has 3 nitrogen and oxygen atoms in total. The number of nitrogens with zero attached hydrogens (tertiary/aromatic N) is 1. The summed E-state index contributed by atoms with van der Waals surface area (Å²) in [6.07, 6.45) is -2.64. The number of nitrogens with one attached hydrogen (secondary N) is 1. The lowest BCUT2D eigenvalue weighted by atomic mass is 10.1. The van der Waals surface area contributed by atoms with Crippen LogP contribution in [-0.4, -0.2) is 22.8 Å². The van der Waals surface area contributed by atoms with E-state index >= 15 is 0 Å². The molecule has 0 radical (unpaired) electrons. The van der Waals surface area contributed by atoms with E-state index in [0.717, 1.165) is 18.5 Å². The summed E-state index contributed by atoms with van der Waals surface area (Å²) < 4.78 is 37.5. The summed E-state index contributed by atoms with van der Waals surface area (Å²) in [5.74, 6) is -0.778. The zero-order chi connectivity index (χ0) is 12.2. The van der Waals surface area contributed by atoms with Gasteiger partial charge in [0.25, 0.3) is 5.91 Å². The average molecular weight is 297 g/mol. The van der Waals surface area contributed by atoms with Gasteiger partial charge < -0.3 is 5.32 Å². The quantitative estimate of drug-likeness (QED) is 0.869. The molecule has 1 amide bonds. The Bertz CT molecular complexity index is 381. The number of amides is 1. The lowest BCUT2D eigenvalue weighted by Crippen LogP contribution is -2.27. The number of pyridine rings is 1. The van der Waals surface area contributed by atoms with Gasteiger partial charge in [0.05, 0.1) is 11.1 Å². The van der Waals surface area contributed by atoms with Gasteiger partial charge in [0.15, 0.2) is 0 Å². The second-order valence-electron chi connectivity index (χ2n) is 2.86. The Hall–Kier alpha value is -1.11. The first-order valence-electron chi connectivity index (χ1n) is 4.32. The minimum absolute atomic E-state index is 0.255. The molecule has 1 rings (SSSR count). The van der Waals surface area contributed by atoms with Gasteiger partial charge in [0, 0.05) is 24.3 Å². The van der Waals surface area contributed by atoms with Gasteiger partial charge in [-0.25, -0.2) is 0 Å². The molecule has 1 heterocycles. The van der Waals surface area contributed by atoms with Crippen LogP contribution >= 0.6 is 15.9 Å². The molecule has 0 aliphatic carbocycles. The van der Waals surface area contributed by atoms with Crippen molar-refractivity contribution in [2.45, 2.75) is 6.18 Å². The molecule has 0 fully saturated rings. The Morgan fingerprint density at radius 3 is 2.75 bits per heavy atom. The molecule has 0 saturated heterocycles. The Kier molecular flexibility index (Phi) is 4.28. The maximum absolute atomic E-state index is 12.5. The fraction of sp³-hybridized carbons (Fsp3) is 0.333. The Balaban J connectivity index is 3.00. The molecule has 0 unspecified atom stereocenters. The van der Waals surface area contributed by atoms with E-state index in [1.165, 1.54) is 0 Å². The molecule has 0 aromatic carbocycles. The molecule has 0 aliphatic heterocycles. The zero-order valence-corrected chi connectivity index (χ0v) is 9.60. The van der Waals surface area contributed by atoms with Crippen molar-refractivity contribution in [1.82, 2.24) is 10.3 Å². The van der Waals surface area contributed by atoms with Crippen LogP contribution in [0.3, 0.4) is 0 Å². The topological polar surface area (TPSA) is 42.0 Å². The van der Waals surface area contributed by atoms with Crippen molar-refractivity contribution in [3.05, 3.63) is 29.6 Å². The SMILES string of the molecule is O=C(NCCBr)c1cnccc1C(F)(F)F. The second kappa shape index (κ2) is 5.29. The van der Waals surface area contributed by atoms with Crippen molar-refractivity contribution in [2.75, 3.05) is 11.9 Å². The first-order chi connectivity index (χ1) is 7.46. The van der Waals surface area contributed by atoms with Crippen LogP contribution in [0.15, 0.2) is 18.5 Å². The van der Waals surface area contributed by atoms with E-state index in [9.17, 15) is 18.0 Å². The molecule has 0 spiro atoms. The van der Waals surface area contributed by atoms with Gasteiger partial charge >= 0.3 is 6.18 Å². The van der Waals surface area contributed by atoms with Crippen LogP contribution in [0.1, 0.15) is 15.9 Å². The van der Waals surface area contributed by atoms with Crippen molar-refractivity contribution >= 4 is 21.8 Å². The fourth-order valence-corrected chi connectivity index (χ4v) is 1.28. The van der Waals surface area contributed by atoms with Crippen LogP contribution in [0.25, 0.3) is 0 Å². The van der Waals surface area contributed by atoms with Crippen LogP contribution in [0.5, 0.6) is 0 Å². The lowest BCUT2D eigenvalue weighted by molar-refractivity contribution is -0.138. The molecule has 0 atom stereocenters. The Morgan fingerprint density at radius 2 is 2.19 bits per heavy atom. The van der Waals surface area contributed by atoms with E-state index in [-0.39, 0.29) is 6.54 Å². The third-order valence-electron chi connectivity index (χ3n) is 1.75. The molecule has 0 saturated carbocycles. The minimum Gasteiger partial charge on any atom is -0.351 e. The first-order valence-corrected chi connectivity index (χ1v) is 5.44. The summed E-state index contributed by atoms with van der Waals surface area (Å²) in [5, 5.41) is 2.81. The van der Waals surface area contributed by atoms with Crippen molar-refractivity contribution < 1.29 is 18.0 Å². The highest BCUT2D eigenvalue weighted by atomic mass is 79.9. The standard InChI is InChI=1S/C9H8BrF3N2O/c10-2-4-15-8(16)6-5-14-3-1-7(6)9(11,12)13/h1,3,5H,2,4H2,(H,15,16). The summed E-state index contributed by atoms with van der Waals surface area (Å²) in [4.78, 5) is 14.9. The van der Waals surface area contributed by atoms with Crippen LogP contribution in [-0.2, 0) is 6.18 Å². The molecular weight excluding hydrogens is 289 g/mol. The van der Waals surface area contributed by atoms with E-state index in [4.69, 9.17) is 0 Å². The van der Waals surface area contributed by atoms with Gasteiger partial charge in [0.2, 0.25) is 0 Å². The van der Waals surface area contributed by atoms with Crippen LogP contribution in [0, 0.1) is 0 Å². The van der Waals surface area contributed by atoms with E-state index in [0.29, 0.717) is 5.33 Å². The summed E-state index contributed by atoms with van der Waals surface area (Å²) in [5.41, 5.74) is -1.44. The maximum Gasteiger partial charge on any atom is 0.417 e. The third kappa shape index (κ3) is 3.19. The number of alkyl halides is 4. The van der Waals surface area contributed by atoms with Crippen LogP contribution in [0.2, 0.25) is 0 Å². The van der Waals surface area contributed by atoms with Crippen molar-refractivity contribution in [3.63, 3.8) is 0 Å². The molecule has 1 aromatic rings. The minimum atomic E-state index is -4.55. The van der Waals surface area contributed by atoms with Gasteiger partial charge in [-0.1, -0.05) is 15.9 Å². The summed E-state index contributed by atoms with van der Waals surface area (Å²) in [6.45, 7) is 0.255. The van der Waals surface area contributed by atoms with Crippen LogP contribution in [0.4, 0.5) is 13.2 Å². The lowest BCUT2D eigenvalue weighted by Gasteiger charge is -2.11. The largest absolute Gasteiger partial charge is 0.417 e. The summed E-state index contributed by atoms with van der Waals surface area (Å²) in [7, 11) is 0. The number of hydrogen-bond acceptors (Lipinski definition) is 2. The fourth-order valence-electron chi connectivity index (χ4n) is 1.08. The Labute approximate surface area is 98.2 Å². The van der Waals surface area contributed by atoms with Crippen LogP contribution < -0.4 is 5.32 Å². The maximum atomic E-state index is 12.5. The van der Waals surface area contributed by atoms with Gasteiger partial charge in [-0.3, -0.25) is 9.78 Å².